The zero-order valence-corrected chi connectivity index (χ0v) is 47.0. The minimum atomic E-state index is -1.37. The summed E-state index contributed by atoms with van der Waals surface area (Å²) in [6.07, 6.45) is 6.94. The van der Waals surface area contributed by atoms with Gasteiger partial charge in [0.25, 0.3) is 20.3 Å². The fourth-order valence-electron chi connectivity index (χ4n) is 9.05. The summed E-state index contributed by atoms with van der Waals surface area (Å²) in [5.41, 5.74) is -0.340. The number of hydroxylamine groups is 2. The molecule has 5 atom stereocenters. The Morgan fingerprint density at radius 2 is 1.31 bits per heavy atom. The molecule has 0 spiro atoms. The summed E-state index contributed by atoms with van der Waals surface area (Å²) in [4.78, 5) is 64.2. The number of piperidine rings is 1. The van der Waals surface area contributed by atoms with Crippen molar-refractivity contribution in [3.8, 4) is 0 Å². The Morgan fingerprint density at radius 1 is 0.803 bits per heavy atom. The van der Waals surface area contributed by atoms with Gasteiger partial charge < -0.3 is 48.1 Å². The maximum absolute atomic E-state index is 12.9. The van der Waals surface area contributed by atoms with Crippen LogP contribution in [0.1, 0.15) is 130 Å². The highest BCUT2D eigenvalue weighted by Gasteiger charge is 2.61. The van der Waals surface area contributed by atoms with E-state index in [1.54, 1.807) is 0 Å². The molecule has 4 heterocycles. The first-order valence-corrected chi connectivity index (χ1v) is 27.7. The first-order valence-electron chi connectivity index (χ1n) is 26.5. The Labute approximate surface area is 432 Å². The monoisotopic (exact) mass is 1040 g/mol. The number of likely N-dealkylation sites (tertiary alicyclic amines) is 1. The lowest BCUT2D eigenvalue weighted by molar-refractivity contribution is -0.195. The highest BCUT2D eigenvalue weighted by molar-refractivity contribution is 7.47. The van der Waals surface area contributed by atoms with Crippen molar-refractivity contribution in [3.05, 3.63) is 35.0 Å². The highest BCUT2D eigenvalue weighted by Crippen LogP contribution is 2.51. The number of unbranched alkanes of at least 4 members (excludes halogenated alkanes) is 2. The van der Waals surface area contributed by atoms with E-state index >= 15 is 0 Å². The van der Waals surface area contributed by atoms with Crippen LogP contribution in [-0.4, -0.2) is 182 Å². The number of amides is 4. The lowest BCUT2D eigenvalue weighted by atomic mass is 9.81. The SMILES string of the molecule is [3H]CC1(COP(OCC[N+]#[C-])N(C(C)C)C(C)C)CCN(C(=O)CCCCCNC(=O)COCCON2C(=O)C3C4C=CC(O4)C3C2=O)CC1.[3H]OC.[C-]#[N+]CCOP(N(C(C)C)C(C)C)N(C(C)C)C(C)C. The molecule has 3 saturated heterocycles. The number of imide groups is 1. The molecule has 0 radical (unpaired) electrons. The van der Waals surface area contributed by atoms with Gasteiger partial charge in [-0.25, -0.2) is 27.2 Å². The summed E-state index contributed by atoms with van der Waals surface area (Å²) in [6.45, 7) is 43.7. The largest absolute Gasteiger partial charge is 0.400 e. The molecule has 4 rings (SSSR count). The quantitative estimate of drug-likeness (QED) is 0.0238. The lowest BCUT2D eigenvalue weighted by Gasteiger charge is -2.45. The van der Waals surface area contributed by atoms with E-state index < -0.39 is 40.6 Å². The van der Waals surface area contributed by atoms with Gasteiger partial charge in [-0.05, 0) is 114 Å². The van der Waals surface area contributed by atoms with Crippen molar-refractivity contribution in [2.45, 2.75) is 177 Å². The van der Waals surface area contributed by atoms with Crippen molar-refractivity contribution >= 4 is 40.6 Å². The Kier molecular flexibility index (Phi) is 28.5. The number of carbonyl (C=O) groups excluding carboxylic acids is 4. The maximum atomic E-state index is 12.9. The Hall–Kier alpha value is -2.74. The zero-order valence-electron chi connectivity index (χ0n) is 47.2. The van der Waals surface area contributed by atoms with Crippen molar-refractivity contribution < 1.29 is 53.5 Å². The minimum Gasteiger partial charge on any atom is -0.400 e. The van der Waals surface area contributed by atoms with Gasteiger partial charge in [0, 0.05) is 70.8 Å². The molecule has 71 heavy (non-hydrogen) atoms. The molecule has 0 saturated carbocycles. The number of hydrogen-bond acceptors (Lipinski definition) is 14. The number of rotatable bonds is 30. The minimum absolute atomic E-state index is 0.0345. The van der Waals surface area contributed by atoms with Crippen LogP contribution in [0.25, 0.3) is 9.69 Å². The predicted molar refractivity (Wildman–Crippen MR) is 278 cm³/mol. The molecule has 4 amide bonds. The van der Waals surface area contributed by atoms with Gasteiger partial charge in [-0.3, -0.25) is 24.0 Å². The van der Waals surface area contributed by atoms with Crippen LogP contribution in [0.15, 0.2) is 12.2 Å². The van der Waals surface area contributed by atoms with Gasteiger partial charge >= 0.3 is 0 Å². The molecule has 4 aliphatic heterocycles. The number of nitrogens with one attached hydrogen (secondary N) is 1. The number of fused-ring (bicyclic) bond motifs is 5. The Morgan fingerprint density at radius 3 is 1.79 bits per heavy atom. The molecule has 0 aromatic heterocycles. The Balaban J connectivity index is 0.000000664. The van der Waals surface area contributed by atoms with Gasteiger partial charge in [0.1, 0.15) is 19.8 Å². The van der Waals surface area contributed by atoms with Crippen LogP contribution in [0.5, 0.6) is 0 Å². The van der Waals surface area contributed by atoms with Gasteiger partial charge in [0.05, 0.1) is 43.9 Å². The van der Waals surface area contributed by atoms with E-state index in [-0.39, 0.29) is 74.8 Å². The topological polar surface area (TPSA) is 181 Å². The lowest BCUT2D eigenvalue weighted by Crippen LogP contribution is -2.44. The molecule has 0 aromatic rings. The number of aliphatic hydroxyl groups excluding tert-OH is 1. The van der Waals surface area contributed by atoms with Gasteiger partial charge in [-0.1, -0.05) is 25.5 Å². The predicted octanol–water partition coefficient (Wildman–Crippen LogP) is 7.47. The third-order valence-corrected chi connectivity index (χ3v) is 17.3. The molecule has 4 aliphatic rings. The molecule has 0 aromatic carbocycles. The highest BCUT2D eigenvalue weighted by atomic mass is 31.2. The van der Waals surface area contributed by atoms with Crippen LogP contribution in [0.4, 0.5) is 0 Å². The number of aliphatic hydroxyl groups is 1. The summed E-state index contributed by atoms with van der Waals surface area (Å²) in [7, 11) is -0.911. The second-order valence-electron chi connectivity index (χ2n) is 19.8. The third kappa shape index (κ3) is 20.1. The van der Waals surface area contributed by atoms with Crippen LogP contribution in [0.3, 0.4) is 0 Å². The van der Waals surface area contributed by atoms with Crippen LogP contribution >= 0.6 is 17.0 Å². The van der Waals surface area contributed by atoms with E-state index in [4.69, 9.17) is 43.8 Å². The normalized spacial score (nSPS) is 21.1. The molecule has 2 N–H and O–H groups in total. The first kappa shape index (κ1) is 60.8. The van der Waals surface area contributed by atoms with Crippen molar-refractivity contribution in [1.82, 2.24) is 29.3 Å². The second kappa shape index (κ2) is 33.2. The molecule has 21 heteroatoms. The second-order valence-corrected chi connectivity index (χ2v) is 22.9. The summed E-state index contributed by atoms with van der Waals surface area (Å²) in [5, 5.41) is 7.11. The van der Waals surface area contributed by atoms with Gasteiger partial charge in [0.15, 0.2) is 8.45 Å². The third-order valence-electron chi connectivity index (χ3n) is 12.2. The van der Waals surface area contributed by atoms with E-state index in [2.05, 4.69) is 117 Å². The summed E-state index contributed by atoms with van der Waals surface area (Å²) in [5.74, 6) is -2.01. The molecular formula is C50H90N8O11P2. The summed E-state index contributed by atoms with van der Waals surface area (Å²) < 4.78 is 50.6. The molecule has 19 nitrogen and oxygen atoms in total. The van der Waals surface area contributed by atoms with Crippen LogP contribution in [-0.2, 0) is 47.1 Å². The van der Waals surface area contributed by atoms with E-state index in [1.807, 2.05) is 17.1 Å². The molecule has 3 fully saturated rings. The number of hydrogen-bond donors (Lipinski definition) is 2. The van der Waals surface area contributed by atoms with E-state index in [0.29, 0.717) is 89.4 Å². The summed E-state index contributed by atoms with van der Waals surface area (Å²) >= 11 is 0. The van der Waals surface area contributed by atoms with Gasteiger partial charge in [-0.2, -0.15) is 5.06 Å². The fourth-order valence-corrected chi connectivity index (χ4v) is 13.1. The van der Waals surface area contributed by atoms with Crippen molar-refractivity contribution in [2.75, 3.05) is 79.5 Å². The van der Waals surface area contributed by atoms with Crippen LogP contribution < -0.4 is 5.32 Å². The average molecular weight is 1050 g/mol. The van der Waals surface area contributed by atoms with Crippen molar-refractivity contribution in [3.63, 3.8) is 0 Å². The smallest absolute Gasteiger partial charge is 0.260 e. The van der Waals surface area contributed by atoms with E-state index in [9.17, 15) is 19.2 Å². The molecule has 406 valence electrons. The van der Waals surface area contributed by atoms with E-state index in [0.717, 1.165) is 24.3 Å². The van der Waals surface area contributed by atoms with Crippen molar-refractivity contribution in [1.29, 1.82) is 1.43 Å². The van der Waals surface area contributed by atoms with Crippen LogP contribution in [0.2, 0.25) is 0 Å². The number of nitrogens with zero attached hydrogens (tertiary/aromatic N) is 7. The first-order chi connectivity index (χ1) is 34.7. The molecular weight excluding hydrogens is 951 g/mol. The Bertz CT molecular complexity index is 1690. The van der Waals surface area contributed by atoms with Crippen LogP contribution in [0, 0.1) is 30.4 Å². The zero-order chi connectivity index (χ0) is 54.8. The van der Waals surface area contributed by atoms with Crippen molar-refractivity contribution in [2.24, 2.45) is 17.3 Å². The van der Waals surface area contributed by atoms with Gasteiger partial charge in [-0.15, -0.1) is 0 Å². The summed E-state index contributed by atoms with van der Waals surface area (Å²) in [6, 6.07) is 2.11. The molecule has 2 bridgehead atoms. The fraction of sp³-hybridized carbons (Fsp3) is 0.840. The van der Waals surface area contributed by atoms with Gasteiger partial charge in [0.2, 0.25) is 26.3 Å². The number of carbonyl (C=O) groups is 4. The molecule has 0 aliphatic carbocycles. The number of ether oxygens (including phenoxy) is 2. The van der Waals surface area contributed by atoms with E-state index in [1.165, 1.54) is 7.11 Å². The maximum Gasteiger partial charge on any atom is 0.260 e. The standard InChI is InChI=1S/C34H54N5O9P.C15H32N3OP.CH4O/c1-24(2)39(25(3)4)49(46-19-16-35-6)47-23-34(5)13-17-37(18-14-34)29(41)10-8-7-9-15-36-28(40)22-44-20-21-45-38-32(42)30-26-11-12-27(48-26)31(30)33(38)43;1-12(2)17(13(3)4)20(19-11-10-16-9)18(14(5)6)15(7)8;1-2/h11-12,24-27,30-31H,7-10,13-23H2,1-5H3,(H,36,40);12-15H,10-11H2,1-8H3;2H,1H3/i5T;;2T. The molecule has 5 unspecified atom stereocenters. The average Bonchev–Trinajstić information content (AvgIpc) is 4.02.